The maximum atomic E-state index is 11.8. The lowest BCUT2D eigenvalue weighted by Gasteiger charge is -2.48. The Morgan fingerprint density at radius 3 is 2.81 bits per heavy atom. The van der Waals surface area contributed by atoms with Gasteiger partial charge in [-0.05, 0) is 12.8 Å². The van der Waals surface area contributed by atoms with Crippen LogP contribution in [0.2, 0.25) is 0 Å². The summed E-state index contributed by atoms with van der Waals surface area (Å²) in [5.74, 6) is -0.414. The largest absolute Gasteiger partial charge is 0.381 e. The average molecular weight is 225 g/mol. The summed E-state index contributed by atoms with van der Waals surface area (Å²) in [5.41, 5.74) is -0.258. The molecule has 2 fully saturated rings. The monoisotopic (exact) mass is 225 g/mol. The lowest BCUT2D eigenvalue weighted by Crippen LogP contribution is -2.57. The van der Waals surface area contributed by atoms with Gasteiger partial charge in [-0.2, -0.15) is 0 Å². The van der Waals surface area contributed by atoms with Gasteiger partial charge in [0.2, 0.25) is 11.8 Å². The van der Waals surface area contributed by atoms with Gasteiger partial charge in [0.15, 0.2) is 0 Å². The van der Waals surface area contributed by atoms with Crippen LogP contribution in [0.4, 0.5) is 0 Å². The fourth-order valence-corrected chi connectivity index (χ4v) is 3.29. The minimum atomic E-state index is -0.258. The number of ether oxygens (including phenoxy) is 1. The fraction of sp³-hybridized carbons (Fsp3) is 0.833. The lowest BCUT2D eigenvalue weighted by atomic mass is 9.61. The molecule has 1 aliphatic heterocycles. The number of imide groups is 1. The molecule has 1 spiro atoms. The van der Waals surface area contributed by atoms with Crippen LogP contribution < -0.4 is 5.32 Å². The third-order valence-electron chi connectivity index (χ3n) is 4.29. The first kappa shape index (κ1) is 11.6. The van der Waals surface area contributed by atoms with E-state index in [1.54, 1.807) is 7.11 Å². The number of rotatable bonds is 1. The van der Waals surface area contributed by atoms with Crippen molar-refractivity contribution in [2.75, 3.05) is 7.11 Å². The van der Waals surface area contributed by atoms with Gasteiger partial charge in [0.25, 0.3) is 0 Å². The van der Waals surface area contributed by atoms with Gasteiger partial charge in [0.1, 0.15) is 0 Å². The molecule has 0 aromatic carbocycles. The van der Waals surface area contributed by atoms with Gasteiger partial charge in [0, 0.05) is 24.9 Å². The molecular formula is C12H19NO3. The van der Waals surface area contributed by atoms with E-state index >= 15 is 0 Å². The average Bonchev–Trinajstić information content (AvgIpc) is 2.26. The van der Waals surface area contributed by atoms with Crippen LogP contribution in [0.5, 0.6) is 0 Å². The number of carbonyl (C=O) groups is 2. The van der Waals surface area contributed by atoms with Crippen molar-refractivity contribution >= 4 is 11.8 Å². The summed E-state index contributed by atoms with van der Waals surface area (Å²) < 4.78 is 5.52. The predicted molar refractivity (Wildman–Crippen MR) is 58.6 cm³/mol. The zero-order valence-electron chi connectivity index (χ0n) is 9.91. The van der Waals surface area contributed by atoms with Crippen molar-refractivity contribution in [2.24, 2.45) is 11.3 Å². The fourth-order valence-electron chi connectivity index (χ4n) is 3.29. The van der Waals surface area contributed by atoms with Crippen LogP contribution in [0.1, 0.15) is 39.0 Å². The van der Waals surface area contributed by atoms with E-state index in [1.807, 2.05) is 6.92 Å². The maximum absolute atomic E-state index is 11.8. The molecule has 0 radical (unpaired) electrons. The molecule has 3 atom stereocenters. The van der Waals surface area contributed by atoms with E-state index in [9.17, 15) is 9.59 Å². The first-order valence-corrected chi connectivity index (χ1v) is 5.96. The van der Waals surface area contributed by atoms with Gasteiger partial charge < -0.3 is 4.74 Å². The van der Waals surface area contributed by atoms with Crippen LogP contribution in [0.15, 0.2) is 0 Å². The van der Waals surface area contributed by atoms with Crippen LogP contribution in [0, 0.1) is 11.3 Å². The molecule has 4 heteroatoms. The van der Waals surface area contributed by atoms with Gasteiger partial charge in [-0.15, -0.1) is 0 Å². The smallest absolute Gasteiger partial charge is 0.230 e. The standard InChI is InChI=1S/C12H19NO3/c1-8-11(15)13-10(14)7-12(8)6-4-3-5-9(12)16-2/h8-9H,3-7H2,1-2H3,(H,13,14,15). The highest BCUT2D eigenvalue weighted by Gasteiger charge is 2.52. The second-order valence-corrected chi connectivity index (χ2v) is 5.01. The van der Waals surface area contributed by atoms with Gasteiger partial charge in [0.05, 0.1) is 6.10 Å². The molecule has 0 bridgehead atoms. The number of methoxy groups -OCH3 is 1. The van der Waals surface area contributed by atoms with Gasteiger partial charge >= 0.3 is 0 Å². The summed E-state index contributed by atoms with van der Waals surface area (Å²) in [5, 5.41) is 2.41. The Labute approximate surface area is 95.7 Å². The van der Waals surface area contributed by atoms with Crippen molar-refractivity contribution < 1.29 is 14.3 Å². The zero-order chi connectivity index (χ0) is 11.8. The Bertz CT molecular complexity index is 315. The zero-order valence-corrected chi connectivity index (χ0v) is 9.91. The Morgan fingerprint density at radius 1 is 1.38 bits per heavy atom. The summed E-state index contributed by atoms with van der Waals surface area (Å²) in [6.45, 7) is 1.92. The van der Waals surface area contributed by atoms with E-state index in [2.05, 4.69) is 5.32 Å². The van der Waals surface area contributed by atoms with E-state index in [-0.39, 0.29) is 29.3 Å². The lowest BCUT2D eigenvalue weighted by molar-refractivity contribution is -0.155. The first-order chi connectivity index (χ1) is 7.60. The summed E-state index contributed by atoms with van der Waals surface area (Å²) in [7, 11) is 1.68. The molecule has 90 valence electrons. The molecule has 3 unspecified atom stereocenters. The molecule has 1 N–H and O–H groups in total. The minimum absolute atomic E-state index is 0.0475. The van der Waals surface area contributed by atoms with Gasteiger partial charge in [-0.3, -0.25) is 14.9 Å². The number of piperidine rings is 1. The summed E-state index contributed by atoms with van der Waals surface area (Å²) in [6, 6.07) is 0. The summed E-state index contributed by atoms with van der Waals surface area (Å²) in [6.07, 6.45) is 4.57. The van der Waals surface area contributed by atoms with Crippen molar-refractivity contribution in [2.45, 2.75) is 45.1 Å². The topological polar surface area (TPSA) is 55.4 Å². The normalized spacial score (nSPS) is 39.9. The molecule has 16 heavy (non-hydrogen) atoms. The van der Waals surface area contributed by atoms with Gasteiger partial charge in [-0.1, -0.05) is 19.8 Å². The molecule has 0 aromatic rings. The first-order valence-electron chi connectivity index (χ1n) is 5.96. The highest BCUT2D eigenvalue weighted by Crippen LogP contribution is 2.48. The minimum Gasteiger partial charge on any atom is -0.381 e. The van der Waals surface area contributed by atoms with E-state index in [0.717, 1.165) is 25.7 Å². The Morgan fingerprint density at radius 2 is 2.12 bits per heavy atom. The predicted octanol–water partition coefficient (Wildman–Crippen LogP) is 1.24. The number of hydrogen-bond donors (Lipinski definition) is 1. The van der Waals surface area contributed by atoms with E-state index in [0.29, 0.717) is 6.42 Å². The molecule has 2 amide bonds. The maximum Gasteiger partial charge on any atom is 0.230 e. The molecule has 1 aliphatic carbocycles. The molecule has 4 nitrogen and oxygen atoms in total. The van der Waals surface area contributed by atoms with Crippen LogP contribution in [-0.4, -0.2) is 25.0 Å². The van der Waals surface area contributed by atoms with Crippen molar-refractivity contribution in [3.63, 3.8) is 0 Å². The van der Waals surface area contributed by atoms with E-state index < -0.39 is 0 Å². The molecule has 1 saturated carbocycles. The Kier molecular flexibility index (Phi) is 3.02. The van der Waals surface area contributed by atoms with E-state index in [4.69, 9.17) is 4.74 Å². The molecule has 2 aliphatic rings. The SMILES string of the molecule is COC1CCCCC12CC(=O)NC(=O)C2C. The number of nitrogens with one attached hydrogen (secondary N) is 1. The summed E-state index contributed by atoms with van der Waals surface area (Å²) >= 11 is 0. The quantitative estimate of drug-likeness (QED) is 0.683. The second kappa shape index (κ2) is 4.17. The molecule has 2 rings (SSSR count). The number of amides is 2. The van der Waals surface area contributed by atoms with Crippen LogP contribution >= 0.6 is 0 Å². The van der Waals surface area contributed by atoms with E-state index in [1.165, 1.54) is 0 Å². The van der Waals surface area contributed by atoms with Crippen LogP contribution in [0.3, 0.4) is 0 Å². The second-order valence-electron chi connectivity index (χ2n) is 5.01. The summed E-state index contributed by atoms with van der Waals surface area (Å²) in [4.78, 5) is 23.3. The van der Waals surface area contributed by atoms with Gasteiger partial charge in [-0.25, -0.2) is 0 Å². The highest BCUT2D eigenvalue weighted by atomic mass is 16.5. The Balaban J connectivity index is 2.31. The Hall–Kier alpha value is -0.900. The molecule has 0 aromatic heterocycles. The highest BCUT2D eigenvalue weighted by molar-refractivity contribution is 5.99. The van der Waals surface area contributed by atoms with Crippen molar-refractivity contribution in [3.8, 4) is 0 Å². The molecule has 1 saturated heterocycles. The molecular weight excluding hydrogens is 206 g/mol. The van der Waals surface area contributed by atoms with Crippen molar-refractivity contribution in [3.05, 3.63) is 0 Å². The van der Waals surface area contributed by atoms with Crippen LogP contribution in [0.25, 0.3) is 0 Å². The molecule has 1 heterocycles. The third-order valence-corrected chi connectivity index (χ3v) is 4.29. The third kappa shape index (κ3) is 1.65. The van der Waals surface area contributed by atoms with Crippen LogP contribution in [-0.2, 0) is 14.3 Å². The number of carbonyl (C=O) groups excluding carboxylic acids is 2. The van der Waals surface area contributed by atoms with Crippen molar-refractivity contribution in [1.29, 1.82) is 0 Å². The number of hydrogen-bond acceptors (Lipinski definition) is 3. The van der Waals surface area contributed by atoms with Crippen molar-refractivity contribution in [1.82, 2.24) is 5.32 Å².